The van der Waals surface area contributed by atoms with E-state index in [1.165, 1.54) is 0 Å². The van der Waals surface area contributed by atoms with Gasteiger partial charge >= 0.3 is 0 Å². The van der Waals surface area contributed by atoms with Crippen LogP contribution in [-0.4, -0.2) is 81.0 Å². The van der Waals surface area contributed by atoms with Gasteiger partial charge < -0.3 is 36.2 Å². The van der Waals surface area contributed by atoms with Crippen LogP contribution in [0.1, 0.15) is 12.8 Å². The summed E-state index contributed by atoms with van der Waals surface area (Å²) in [6.07, 6.45) is -2.96. The first kappa shape index (κ1) is 22.7. The molecule has 9 heteroatoms. The Kier molecular flexibility index (Phi) is 10.6. The zero-order chi connectivity index (χ0) is 19.5. The first-order valence-corrected chi connectivity index (χ1v) is 9.74. The summed E-state index contributed by atoms with van der Waals surface area (Å²) >= 11 is 1.69. The van der Waals surface area contributed by atoms with Crippen LogP contribution in [0.5, 0.6) is 0 Å². The molecule has 1 aromatic carbocycles. The van der Waals surface area contributed by atoms with E-state index in [9.17, 15) is 25.2 Å². The van der Waals surface area contributed by atoms with E-state index in [-0.39, 0.29) is 12.5 Å². The molecule has 0 spiro atoms. The van der Waals surface area contributed by atoms with Crippen LogP contribution in [0.3, 0.4) is 0 Å². The predicted molar refractivity (Wildman–Crippen MR) is 102 cm³/mol. The molecule has 148 valence electrons. The molecule has 0 aromatic heterocycles. The first-order chi connectivity index (χ1) is 12.4. The van der Waals surface area contributed by atoms with Crippen molar-refractivity contribution in [3.63, 3.8) is 0 Å². The minimum atomic E-state index is -1.66. The van der Waals surface area contributed by atoms with Gasteiger partial charge in [-0.05, 0) is 36.6 Å². The summed E-state index contributed by atoms with van der Waals surface area (Å²) in [7, 11) is 0. The number of anilines is 2. The number of aliphatic hydroxyl groups is 5. The molecule has 0 aliphatic carbocycles. The second-order valence-electron chi connectivity index (χ2n) is 5.90. The van der Waals surface area contributed by atoms with E-state index in [0.29, 0.717) is 17.8 Å². The van der Waals surface area contributed by atoms with Gasteiger partial charge in [0.15, 0.2) is 0 Å². The summed E-state index contributed by atoms with van der Waals surface area (Å²) in [6.45, 7) is -0.821. The molecule has 7 N–H and O–H groups in total. The van der Waals surface area contributed by atoms with Gasteiger partial charge in [0.2, 0.25) is 5.91 Å². The lowest BCUT2D eigenvalue weighted by molar-refractivity contribution is -0.116. The highest BCUT2D eigenvalue weighted by atomic mass is 32.2. The molecular formula is C17H28N2O6S. The van der Waals surface area contributed by atoms with Crippen molar-refractivity contribution in [3.8, 4) is 0 Å². The van der Waals surface area contributed by atoms with Crippen LogP contribution in [-0.2, 0) is 4.79 Å². The molecule has 2 unspecified atom stereocenters. The average molecular weight is 388 g/mol. The molecule has 0 heterocycles. The van der Waals surface area contributed by atoms with Crippen molar-refractivity contribution in [1.29, 1.82) is 0 Å². The predicted octanol–water partition coefficient (Wildman–Crippen LogP) is -0.384. The Morgan fingerprint density at radius 1 is 1.12 bits per heavy atom. The maximum absolute atomic E-state index is 11.8. The fraction of sp³-hybridized carbons (Fsp3) is 0.588. The number of carbonyl (C=O) groups excluding carboxylic acids is 1. The number of aliphatic hydroxyl groups excluding tert-OH is 5. The fourth-order valence-corrected chi connectivity index (χ4v) is 2.65. The van der Waals surface area contributed by atoms with Crippen LogP contribution >= 0.6 is 11.8 Å². The second kappa shape index (κ2) is 12.1. The van der Waals surface area contributed by atoms with E-state index in [1.807, 2.05) is 6.26 Å². The molecule has 0 fully saturated rings. The van der Waals surface area contributed by atoms with Gasteiger partial charge in [0.05, 0.1) is 12.7 Å². The van der Waals surface area contributed by atoms with Crippen molar-refractivity contribution in [2.45, 2.75) is 37.3 Å². The number of hydrogen-bond donors (Lipinski definition) is 7. The van der Waals surface area contributed by atoms with Gasteiger partial charge in [-0.3, -0.25) is 4.79 Å². The Morgan fingerprint density at radius 2 is 1.77 bits per heavy atom. The minimum Gasteiger partial charge on any atom is -0.394 e. The van der Waals surface area contributed by atoms with Gasteiger partial charge in [0.1, 0.15) is 18.3 Å². The van der Waals surface area contributed by atoms with E-state index in [4.69, 9.17) is 5.11 Å². The molecular weight excluding hydrogens is 360 g/mol. The summed E-state index contributed by atoms with van der Waals surface area (Å²) in [4.78, 5) is 11.8. The Hall–Kier alpha value is -1.36. The highest BCUT2D eigenvalue weighted by Gasteiger charge is 2.29. The van der Waals surface area contributed by atoms with E-state index in [2.05, 4.69) is 10.6 Å². The van der Waals surface area contributed by atoms with Crippen LogP contribution in [0.2, 0.25) is 0 Å². The maximum atomic E-state index is 11.8. The average Bonchev–Trinajstić information content (AvgIpc) is 2.64. The quantitative estimate of drug-likeness (QED) is 0.240. The topological polar surface area (TPSA) is 142 Å². The van der Waals surface area contributed by atoms with Crippen LogP contribution in [0, 0.1) is 0 Å². The minimum absolute atomic E-state index is 0.0761. The zero-order valence-corrected chi connectivity index (χ0v) is 15.5. The van der Waals surface area contributed by atoms with Gasteiger partial charge in [-0.15, -0.1) is 0 Å². The molecule has 0 saturated carbocycles. The van der Waals surface area contributed by atoms with Crippen LogP contribution < -0.4 is 10.6 Å². The Labute approximate surface area is 157 Å². The molecule has 0 aliphatic rings. The van der Waals surface area contributed by atoms with Crippen LogP contribution in [0.4, 0.5) is 11.4 Å². The summed E-state index contributed by atoms with van der Waals surface area (Å²) in [5.74, 6) is 0.847. The van der Waals surface area contributed by atoms with E-state index >= 15 is 0 Å². The number of rotatable bonds is 12. The van der Waals surface area contributed by atoms with Gasteiger partial charge in [-0.2, -0.15) is 11.8 Å². The van der Waals surface area contributed by atoms with Gasteiger partial charge in [0.25, 0.3) is 0 Å². The SMILES string of the molecule is CSCCCC(=O)Nc1cccc(NCC(O)[C@H](O)[C@H](O)C(O)CO)c1. The monoisotopic (exact) mass is 388 g/mol. The van der Waals surface area contributed by atoms with E-state index in [1.54, 1.807) is 36.0 Å². The summed E-state index contributed by atoms with van der Waals surface area (Å²) in [5.41, 5.74) is 1.21. The molecule has 4 atom stereocenters. The number of thioether (sulfide) groups is 1. The third-order valence-corrected chi connectivity index (χ3v) is 4.44. The number of carbonyl (C=O) groups is 1. The van der Waals surface area contributed by atoms with Crippen molar-refractivity contribution in [2.24, 2.45) is 0 Å². The number of amides is 1. The summed E-state index contributed by atoms with van der Waals surface area (Å²) in [6, 6.07) is 6.88. The molecule has 8 nitrogen and oxygen atoms in total. The van der Waals surface area contributed by atoms with Crippen molar-refractivity contribution in [1.82, 2.24) is 0 Å². The molecule has 0 saturated heterocycles. The van der Waals surface area contributed by atoms with Gasteiger partial charge in [-0.25, -0.2) is 0 Å². The lowest BCUT2D eigenvalue weighted by atomic mass is 10.0. The van der Waals surface area contributed by atoms with Crippen molar-refractivity contribution in [2.75, 3.05) is 35.8 Å². The lowest BCUT2D eigenvalue weighted by Crippen LogP contribution is -2.48. The Bertz CT molecular complexity index is 548. The Balaban J connectivity index is 2.51. The molecule has 0 radical (unpaired) electrons. The fourth-order valence-electron chi connectivity index (χ4n) is 2.21. The van der Waals surface area contributed by atoms with Gasteiger partial charge in [-0.1, -0.05) is 6.07 Å². The van der Waals surface area contributed by atoms with Gasteiger partial charge in [0, 0.05) is 24.3 Å². The van der Waals surface area contributed by atoms with Crippen molar-refractivity contribution in [3.05, 3.63) is 24.3 Å². The van der Waals surface area contributed by atoms with Crippen molar-refractivity contribution < 1.29 is 30.3 Å². The lowest BCUT2D eigenvalue weighted by Gasteiger charge is -2.26. The molecule has 0 bridgehead atoms. The highest BCUT2D eigenvalue weighted by Crippen LogP contribution is 2.16. The normalized spacial score (nSPS) is 15.8. The summed E-state index contributed by atoms with van der Waals surface area (Å²) in [5, 5.41) is 53.0. The number of benzene rings is 1. The second-order valence-corrected chi connectivity index (χ2v) is 6.89. The van der Waals surface area contributed by atoms with Crippen LogP contribution in [0.15, 0.2) is 24.3 Å². The first-order valence-electron chi connectivity index (χ1n) is 8.35. The molecule has 1 amide bonds. The number of hydrogen-bond acceptors (Lipinski definition) is 8. The maximum Gasteiger partial charge on any atom is 0.224 e. The standard InChI is InChI=1S/C17H28N2O6S/c1-26-7-3-6-15(23)19-12-5-2-4-11(8-12)18-9-13(21)16(24)17(25)14(22)10-20/h2,4-5,8,13-14,16-18,20-22,24-25H,3,6-7,9-10H2,1H3,(H,19,23)/t13?,14?,16-,17+/m0/s1. The largest absolute Gasteiger partial charge is 0.394 e. The van der Waals surface area contributed by atoms with Crippen molar-refractivity contribution >= 4 is 29.0 Å². The Morgan fingerprint density at radius 3 is 2.42 bits per heavy atom. The summed E-state index contributed by atoms with van der Waals surface area (Å²) < 4.78 is 0. The smallest absolute Gasteiger partial charge is 0.224 e. The third kappa shape index (κ3) is 7.90. The van der Waals surface area contributed by atoms with E-state index in [0.717, 1.165) is 12.2 Å². The third-order valence-electron chi connectivity index (χ3n) is 3.74. The van der Waals surface area contributed by atoms with Crippen LogP contribution in [0.25, 0.3) is 0 Å². The highest BCUT2D eigenvalue weighted by molar-refractivity contribution is 7.98. The zero-order valence-electron chi connectivity index (χ0n) is 14.7. The van der Waals surface area contributed by atoms with E-state index < -0.39 is 31.0 Å². The number of nitrogens with one attached hydrogen (secondary N) is 2. The molecule has 26 heavy (non-hydrogen) atoms. The molecule has 1 aromatic rings. The molecule has 0 aliphatic heterocycles. The molecule has 1 rings (SSSR count).